The summed E-state index contributed by atoms with van der Waals surface area (Å²) in [7, 11) is -2.40. The highest BCUT2D eigenvalue weighted by Crippen LogP contribution is 2.49. The van der Waals surface area contributed by atoms with Crippen LogP contribution in [0.15, 0.2) is 29.2 Å². The van der Waals surface area contributed by atoms with Crippen molar-refractivity contribution in [3.05, 3.63) is 24.3 Å². The van der Waals surface area contributed by atoms with Crippen LogP contribution in [0, 0.1) is 5.41 Å². The molecule has 35 heavy (non-hydrogen) atoms. The lowest BCUT2D eigenvalue weighted by atomic mass is 9.78. The van der Waals surface area contributed by atoms with Gasteiger partial charge in [-0.05, 0) is 36.8 Å². The minimum atomic E-state index is -6.20. The molecule has 0 N–H and O–H groups in total. The number of methoxy groups -OCH3 is 1. The fourth-order valence-corrected chi connectivity index (χ4v) is 6.03. The van der Waals surface area contributed by atoms with E-state index in [4.69, 9.17) is 4.74 Å². The first-order valence-corrected chi connectivity index (χ1v) is 12.2. The van der Waals surface area contributed by atoms with Crippen LogP contribution in [-0.4, -0.2) is 74.8 Å². The fourth-order valence-electron chi connectivity index (χ4n) is 4.55. The van der Waals surface area contributed by atoms with E-state index >= 15 is 0 Å². The Labute approximate surface area is 198 Å². The van der Waals surface area contributed by atoms with Gasteiger partial charge in [0.25, 0.3) is 5.67 Å². The van der Waals surface area contributed by atoms with E-state index in [0.717, 1.165) is 4.90 Å². The molecule has 14 heteroatoms. The van der Waals surface area contributed by atoms with Gasteiger partial charge in [0, 0.05) is 45.1 Å². The van der Waals surface area contributed by atoms with Gasteiger partial charge >= 0.3 is 12.4 Å². The van der Waals surface area contributed by atoms with Crippen molar-refractivity contribution in [2.24, 2.45) is 5.41 Å². The van der Waals surface area contributed by atoms with Crippen LogP contribution >= 0.6 is 0 Å². The number of ether oxygens (including phenoxy) is 1. The van der Waals surface area contributed by atoms with E-state index in [1.165, 1.54) is 23.5 Å². The number of amides is 1. The Kier molecular flexibility index (Phi) is 7.40. The Balaban J connectivity index is 1.60. The van der Waals surface area contributed by atoms with Crippen molar-refractivity contribution >= 4 is 15.9 Å². The Hall–Kier alpha value is -2.09. The van der Waals surface area contributed by atoms with Gasteiger partial charge in [0.05, 0.1) is 12.0 Å². The number of sulfonamides is 1. The predicted molar refractivity (Wildman–Crippen MR) is 110 cm³/mol. The minimum absolute atomic E-state index is 0.0556. The number of halogens is 7. The summed E-state index contributed by atoms with van der Waals surface area (Å²) in [6.45, 7) is 0.434. The third kappa shape index (κ3) is 5.37. The zero-order chi connectivity index (χ0) is 26.3. The zero-order valence-electron chi connectivity index (χ0n) is 18.8. The van der Waals surface area contributed by atoms with Gasteiger partial charge in [0.2, 0.25) is 15.9 Å². The number of piperidine rings is 1. The Morgan fingerprint density at radius 2 is 1.57 bits per heavy atom. The molecule has 1 aromatic carbocycles. The summed E-state index contributed by atoms with van der Waals surface area (Å²) in [5.41, 5.74) is -5.97. The number of hydrogen-bond acceptors (Lipinski definition) is 4. The van der Waals surface area contributed by atoms with Crippen molar-refractivity contribution in [1.29, 1.82) is 0 Å². The lowest BCUT2D eigenvalue weighted by molar-refractivity contribution is -0.343. The number of nitrogens with zero attached hydrogens (tertiary/aromatic N) is 2. The zero-order valence-corrected chi connectivity index (χ0v) is 19.6. The molecule has 2 aliphatic rings. The molecule has 0 bridgehead atoms. The van der Waals surface area contributed by atoms with Gasteiger partial charge in [-0.25, -0.2) is 12.8 Å². The van der Waals surface area contributed by atoms with Crippen LogP contribution in [0.4, 0.5) is 30.7 Å². The van der Waals surface area contributed by atoms with Crippen LogP contribution in [0.2, 0.25) is 0 Å². The Morgan fingerprint density at radius 3 is 2.11 bits per heavy atom. The maximum Gasteiger partial charge on any atom is 0.431 e. The van der Waals surface area contributed by atoms with Crippen LogP contribution in [0.1, 0.15) is 32.1 Å². The summed E-state index contributed by atoms with van der Waals surface area (Å²) in [6.07, 6.45) is -14.5. The molecular formula is C21H25F7N2O4S. The largest absolute Gasteiger partial charge is 0.497 e. The van der Waals surface area contributed by atoms with Crippen molar-refractivity contribution in [3.8, 4) is 5.75 Å². The van der Waals surface area contributed by atoms with Gasteiger partial charge in [-0.3, -0.25) is 4.79 Å². The van der Waals surface area contributed by atoms with Gasteiger partial charge in [0.15, 0.2) is 0 Å². The molecule has 0 aliphatic carbocycles. The van der Waals surface area contributed by atoms with Gasteiger partial charge in [0.1, 0.15) is 5.75 Å². The van der Waals surface area contributed by atoms with Crippen LogP contribution in [0.3, 0.4) is 0 Å². The second-order valence-corrected chi connectivity index (χ2v) is 10.9. The van der Waals surface area contributed by atoms with E-state index in [9.17, 15) is 43.9 Å². The van der Waals surface area contributed by atoms with Crippen molar-refractivity contribution in [2.45, 2.75) is 55.0 Å². The number of carbonyl (C=O) groups excluding carboxylic acids is 1. The van der Waals surface area contributed by atoms with Crippen LogP contribution < -0.4 is 4.74 Å². The monoisotopic (exact) mass is 534 g/mol. The lowest BCUT2D eigenvalue weighted by Gasteiger charge is -2.38. The third-order valence-electron chi connectivity index (χ3n) is 6.84. The average molecular weight is 534 g/mol. The van der Waals surface area contributed by atoms with Crippen molar-refractivity contribution < 1.29 is 48.7 Å². The van der Waals surface area contributed by atoms with E-state index in [0.29, 0.717) is 25.0 Å². The number of rotatable bonds is 6. The number of benzene rings is 1. The highest BCUT2D eigenvalue weighted by atomic mass is 32.2. The first-order chi connectivity index (χ1) is 16.0. The van der Waals surface area contributed by atoms with Crippen molar-refractivity contribution in [2.75, 3.05) is 33.3 Å². The second-order valence-electron chi connectivity index (χ2n) is 8.95. The van der Waals surface area contributed by atoms with Gasteiger partial charge < -0.3 is 9.64 Å². The summed E-state index contributed by atoms with van der Waals surface area (Å²) >= 11 is 0. The molecule has 2 aliphatic heterocycles. The molecular weight excluding hydrogens is 509 g/mol. The summed E-state index contributed by atoms with van der Waals surface area (Å²) in [5, 5.41) is 0. The highest BCUT2D eigenvalue weighted by molar-refractivity contribution is 7.89. The molecule has 0 atom stereocenters. The lowest BCUT2D eigenvalue weighted by Crippen LogP contribution is -2.53. The molecule has 0 radical (unpaired) electrons. The maximum atomic E-state index is 13.9. The average Bonchev–Trinajstić information content (AvgIpc) is 3.19. The fraction of sp³-hybridized carbons (Fsp3) is 0.667. The van der Waals surface area contributed by atoms with E-state index in [1.54, 1.807) is 12.1 Å². The number of carbonyl (C=O) groups is 1. The molecule has 1 aromatic rings. The number of likely N-dealkylation sites (tertiary alicyclic amines) is 1. The van der Waals surface area contributed by atoms with Crippen LogP contribution in [0.25, 0.3) is 0 Å². The Morgan fingerprint density at radius 1 is 1.00 bits per heavy atom. The molecule has 0 unspecified atom stereocenters. The molecule has 2 saturated heterocycles. The molecule has 2 fully saturated rings. The molecule has 0 aromatic heterocycles. The van der Waals surface area contributed by atoms with E-state index in [2.05, 4.69) is 0 Å². The Bertz CT molecular complexity index is 1020. The molecule has 3 rings (SSSR count). The quantitative estimate of drug-likeness (QED) is 0.511. The van der Waals surface area contributed by atoms with Gasteiger partial charge in [-0.15, -0.1) is 0 Å². The number of hydrogen-bond donors (Lipinski definition) is 0. The summed E-state index contributed by atoms with van der Waals surface area (Å²) in [4.78, 5) is 13.5. The minimum Gasteiger partial charge on any atom is -0.497 e. The molecule has 198 valence electrons. The van der Waals surface area contributed by atoms with E-state index < -0.39 is 52.2 Å². The highest BCUT2D eigenvalue weighted by Gasteiger charge is 2.72. The van der Waals surface area contributed by atoms with E-state index in [1.807, 2.05) is 0 Å². The topological polar surface area (TPSA) is 66.9 Å². The van der Waals surface area contributed by atoms with E-state index in [-0.39, 0.29) is 31.1 Å². The SMILES string of the molecule is COc1cccc(S(=O)(=O)N2CCC3(CCN(C(=O)CCC(F)(C(F)(F)F)C(F)(F)F)C3)CC2)c1. The number of alkyl halides is 7. The van der Waals surface area contributed by atoms with Crippen LogP contribution in [0.5, 0.6) is 5.75 Å². The molecule has 0 saturated carbocycles. The third-order valence-corrected chi connectivity index (χ3v) is 8.73. The standard InChI is InChI=1S/C21H25F7N2O4S/c1-34-15-3-2-4-16(13-15)35(32,33)30-11-8-18(9-12-30)7-10-29(14-18)17(31)5-6-19(22,20(23,24)25)21(26,27)28/h2-4,13H,5-12,14H2,1H3. The summed E-state index contributed by atoms with van der Waals surface area (Å²) in [6, 6.07) is 5.97. The summed E-state index contributed by atoms with van der Waals surface area (Å²) in [5.74, 6) is -0.623. The molecule has 2 heterocycles. The molecule has 6 nitrogen and oxygen atoms in total. The second kappa shape index (κ2) is 9.41. The predicted octanol–water partition coefficient (Wildman–Crippen LogP) is 4.31. The smallest absolute Gasteiger partial charge is 0.431 e. The van der Waals surface area contributed by atoms with Crippen molar-refractivity contribution in [1.82, 2.24) is 9.21 Å². The maximum absolute atomic E-state index is 13.9. The van der Waals surface area contributed by atoms with Gasteiger partial charge in [-0.2, -0.15) is 30.6 Å². The first kappa shape index (κ1) is 27.5. The van der Waals surface area contributed by atoms with Gasteiger partial charge in [-0.1, -0.05) is 6.07 Å². The molecule has 1 amide bonds. The van der Waals surface area contributed by atoms with Crippen LogP contribution in [-0.2, 0) is 14.8 Å². The normalized spacial score (nSPS) is 19.8. The van der Waals surface area contributed by atoms with Crippen molar-refractivity contribution in [3.63, 3.8) is 0 Å². The first-order valence-electron chi connectivity index (χ1n) is 10.8. The summed E-state index contributed by atoms with van der Waals surface area (Å²) < 4.78 is 123. The molecule has 1 spiro atoms.